The summed E-state index contributed by atoms with van der Waals surface area (Å²) in [6.45, 7) is 10.2. The van der Waals surface area contributed by atoms with Gasteiger partial charge in [0.15, 0.2) is 5.82 Å². The average molecular weight is 399 g/mol. The summed E-state index contributed by atoms with van der Waals surface area (Å²) >= 11 is 0. The van der Waals surface area contributed by atoms with Crippen LogP contribution < -0.4 is 11.1 Å². The summed E-state index contributed by atoms with van der Waals surface area (Å²) < 4.78 is 5.46. The molecular weight excluding hydrogens is 370 g/mol. The van der Waals surface area contributed by atoms with E-state index >= 15 is 0 Å². The first kappa shape index (κ1) is 20.8. The van der Waals surface area contributed by atoms with Gasteiger partial charge >= 0.3 is 6.09 Å². The Morgan fingerprint density at radius 2 is 1.76 bits per heavy atom. The number of amides is 1. The van der Waals surface area contributed by atoms with Crippen LogP contribution >= 0.6 is 0 Å². The Kier molecular flexibility index (Phi) is 6.17. The number of rotatable bonds is 4. The molecule has 3 rings (SSSR count). The minimum Gasteiger partial charge on any atom is -0.444 e. The molecule has 9 heteroatoms. The van der Waals surface area contributed by atoms with Crippen LogP contribution in [0.15, 0.2) is 30.3 Å². The van der Waals surface area contributed by atoms with Crippen LogP contribution in [0.5, 0.6) is 0 Å². The van der Waals surface area contributed by atoms with Gasteiger partial charge in [0.05, 0.1) is 6.04 Å². The molecule has 1 fully saturated rings. The summed E-state index contributed by atoms with van der Waals surface area (Å²) in [5.41, 5.74) is 6.29. The maximum atomic E-state index is 12.3. The van der Waals surface area contributed by atoms with Crippen molar-refractivity contribution in [3.05, 3.63) is 36.2 Å². The highest BCUT2D eigenvalue weighted by Crippen LogP contribution is 2.22. The lowest BCUT2D eigenvalue weighted by Crippen LogP contribution is -2.50. The number of para-hydroxylation sites is 1. The van der Waals surface area contributed by atoms with Gasteiger partial charge in [-0.3, -0.25) is 4.90 Å². The Morgan fingerprint density at radius 3 is 2.38 bits per heavy atom. The first-order valence-corrected chi connectivity index (χ1v) is 9.77. The van der Waals surface area contributed by atoms with Crippen LogP contribution in [0.2, 0.25) is 0 Å². The fourth-order valence-corrected chi connectivity index (χ4v) is 3.08. The van der Waals surface area contributed by atoms with Crippen molar-refractivity contribution < 1.29 is 9.53 Å². The third-order valence-corrected chi connectivity index (χ3v) is 4.59. The molecule has 1 aliphatic heterocycles. The molecule has 1 aromatic carbocycles. The summed E-state index contributed by atoms with van der Waals surface area (Å²) in [6, 6.07) is 9.61. The number of nitrogens with two attached hydrogens (primary N) is 1. The first-order valence-electron chi connectivity index (χ1n) is 9.77. The normalized spacial score (nSPS) is 16.3. The molecule has 0 saturated carbocycles. The largest absolute Gasteiger partial charge is 0.444 e. The fraction of sp³-hybridized carbons (Fsp3) is 0.500. The number of hydrogen-bond acceptors (Lipinski definition) is 8. The van der Waals surface area contributed by atoms with E-state index in [9.17, 15) is 4.79 Å². The number of hydrogen-bond donors (Lipinski definition) is 2. The van der Waals surface area contributed by atoms with E-state index in [1.165, 1.54) is 0 Å². The standard InChI is InChI=1S/C20H29N7O2/c1-14(26-10-12-27(13-11-26)19(28)29-20(2,3)4)16-23-17(21)25-18(24-16)22-15-8-6-5-7-9-15/h5-9,14H,10-13H2,1-4H3,(H3,21,22,23,24,25). The van der Waals surface area contributed by atoms with Crippen LogP contribution in [0.4, 0.5) is 22.4 Å². The molecular formula is C20H29N7O2. The maximum Gasteiger partial charge on any atom is 0.410 e. The summed E-state index contributed by atoms with van der Waals surface area (Å²) in [7, 11) is 0. The molecule has 1 saturated heterocycles. The van der Waals surface area contributed by atoms with Gasteiger partial charge in [0.1, 0.15) is 5.60 Å². The van der Waals surface area contributed by atoms with Gasteiger partial charge in [0.25, 0.3) is 0 Å². The van der Waals surface area contributed by atoms with Crippen LogP contribution in [0.1, 0.15) is 39.6 Å². The number of nitrogens with one attached hydrogen (secondary N) is 1. The Morgan fingerprint density at radius 1 is 1.10 bits per heavy atom. The van der Waals surface area contributed by atoms with Gasteiger partial charge in [-0.05, 0) is 39.8 Å². The number of piperazine rings is 1. The molecule has 1 unspecified atom stereocenters. The minimum atomic E-state index is -0.494. The van der Waals surface area contributed by atoms with Gasteiger partial charge in [-0.2, -0.15) is 15.0 Å². The number of nitrogen functional groups attached to an aromatic ring is 1. The van der Waals surface area contributed by atoms with Gasteiger partial charge in [-0.1, -0.05) is 18.2 Å². The lowest BCUT2D eigenvalue weighted by Gasteiger charge is -2.37. The van der Waals surface area contributed by atoms with Crippen molar-refractivity contribution in [1.82, 2.24) is 24.8 Å². The highest BCUT2D eigenvalue weighted by molar-refractivity contribution is 5.68. The molecule has 0 bridgehead atoms. The Balaban J connectivity index is 1.64. The number of carbonyl (C=O) groups excluding carboxylic acids is 1. The van der Waals surface area contributed by atoms with Gasteiger partial charge < -0.3 is 20.7 Å². The Labute approximate surface area is 171 Å². The zero-order valence-corrected chi connectivity index (χ0v) is 17.4. The smallest absolute Gasteiger partial charge is 0.410 e. The van der Waals surface area contributed by atoms with E-state index in [4.69, 9.17) is 10.5 Å². The molecule has 29 heavy (non-hydrogen) atoms. The van der Waals surface area contributed by atoms with Crippen molar-refractivity contribution in [2.45, 2.75) is 39.3 Å². The maximum absolute atomic E-state index is 12.3. The van der Waals surface area contributed by atoms with E-state index in [-0.39, 0.29) is 18.1 Å². The molecule has 3 N–H and O–H groups in total. The zero-order valence-electron chi connectivity index (χ0n) is 17.4. The highest BCUT2D eigenvalue weighted by Gasteiger charge is 2.29. The van der Waals surface area contributed by atoms with E-state index in [0.29, 0.717) is 38.0 Å². The number of anilines is 3. The molecule has 9 nitrogen and oxygen atoms in total. The van der Waals surface area contributed by atoms with E-state index in [2.05, 4.69) is 25.2 Å². The topological polar surface area (TPSA) is 109 Å². The summed E-state index contributed by atoms with van der Waals surface area (Å²) in [4.78, 5) is 29.3. The van der Waals surface area contributed by atoms with Crippen molar-refractivity contribution in [3.8, 4) is 0 Å². The van der Waals surface area contributed by atoms with E-state index in [0.717, 1.165) is 5.69 Å². The van der Waals surface area contributed by atoms with Crippen LogP contribution in [-0.4, -0.2) is 62.6 Å². The molecule has 0 radical (unpaired) electrons. The third kappa shape index (κ3) is 5.77. The molecule has 1 atom stereocenters. The highest BCUT2D eigenvalue weighted by atomic mass is 16.6. The number of carbonyl (C=O) groups is 1. The second-order valence-corrected chi connectivity index (χ2v) is 8.05. The Hall–Kier alpha value is -2.94. The van der Waals surface area contributed by atoms with E-state index in [1.54, 1.807) is 4.90 Å². The third-order valence-electron chi connectivity index (χ3n) is 4.59. The van der Waals surface area contributed by atoms with Crippen LogP contribution in [0.25, 0.3) is 0 Å². The molecule has 156 valence electrons. The van der Waals surface area contributed by atoms with Crippen LogP contribution in [0.3, 0.4) is 0 Å². The summed E-state index contributed by atoms with van der Waals surface area (Å²) in [6.07, 6.45) is -0.274. The Bertz CT molecular complexity index is 830. The minimum absolute atomic E-state index is 0.0580. The quantitative estimate of drug-likeness (QED) is 0.808. The van der Waals surface area contributed by atoms with Crippen molar-refractivity contribution >= 4 is 23.7 Å². The molecule has 1 aromatic heterocycles. The molecule has 0 spiro atoms. The van der Waals surface area contributed by atoms with Crippen molar-refractivity contribution in [3.63, 3.8) is 0 Å². The lowest BCUT2D eigenvalue weighted by atomic mass is 10.2. The predicted octanol–water partition coefficient (Wildman–Crippen LogP) is 2.81. The van der Waals surface area contributed by atoms with Gasteiger partial charge in [0, 0.05) is 31.9 Å². The second kappa shape index (κ2) is 8.60. The number of benzene rings is 1. The van der Waals surface area contributed by atoms with Crippen LogP contribution in [0, 0.1) is 0 Å². The van der Waals surface area contributed by atoms with Gasteiger partial charge in [-0.15, -0.1) is 0 Å². The zero-order chi connectivity index (χ0) is 21.0. The number of ether oxygens (including phenoxy) is 1. The molecule has 2 heterocycles. The molecule has 1 aliphatic rings. The fourth-order valence-electron chi connectivity index (χ4n) is 3.08. The van der Waals surface area contributed by atoms with E-state index < -0.39 is 5.60 Å². The average Bonchev–Trinajstić information content (AvgIpc) is 2.66. The lowest BCUT2D eigenvalue weighted by molar-refractivity contribution is 0.0107. The molecule has 1 amide bonds. The number of aromatic nitrogens is 3. The van der Waals surface area contributed by atoms with Crippen molar-refractivity contribution in [1.29, 1.82) is 0 Å². The van der Waals surface area contributed by atoms with E-state index in [1.807, 2.05) is 58.0 Å². The first-order chi connectivity index (χ1) is 13.7. The van der Waals surface area contributed by atoms with Crippen molar-refractivity contribution in [2.24, 2.45) is 0 Å². The van der Waals surface area contributed by atoms with Gasteiger partial charge in [-0.25, -0.2) is 4.79 Å². The SMILES string of the molecule is CC(c1nc(N)nc(Nc2ccccc2)n1)N1CCN(C(=O)OC(C)(C)C)CC1. The summed E-state index contributed by atoms with van der Waals surface area (Å²) in [5, 5.41) is 3.16. The predicted molar refractivity (Wildman–Crippen MR) is 112 cm³/mol. The van der Waals surface area contributed by atoms with Crippen LogP contribution in [-0.2, 0) is 4.74 Å². The monoisotopic (exact) mass is 399 g/mol. The number of nitrogens with zero attached hydrogens (tertiary/aromatic N) is 5. The van der Waals surface area contributed by atoms with Gasteiger partial charge in [0.2, 0.25) is 11.9 Å². The summed E-state index contributed by atoms with van der Waals surface area (Å²) in [5.74, 6) is 1.19. The second-order valence-electron chi connectivity index (χ2n) is 8.05. The molecule has 2 aromatic rings. The van der Waals surface area contributed by atoms with Crippen molar-refractivity contribution in [2.75, 3.05) is 37.2 Å². The molecule has 0 aliphatic carbocycles.